The molecule has 5 nitrogen and oxygen atoms in total. The number of hydrogen-bond acceptors (Lipinski definition) is 2. The van der Waals surface area contributed by atoms with Gasteiger partial charge in [-0.1, -0.05) is 25.7 Å². The third kappa shape index (κ3) is 6.33. The molecule has 1 saturated heterocycles. The predicted molar refractivity (Wildman–Crippen MR) is 100 cm³/mol. The fraction of sp³-hybridized carbons (Fsp3) is 0.895. The number of nitrogens with one attached hydrogen (secondary N) is 2. The van der Waals surface area contributed by atoms with Crippen LogP contribution in [0.15, 0.2) is 4.99 Å². The van der Waals surface area contributed by atoms with Gasteiger partial charge in [-0.2, -0.15) is 0 Å². The van der Waals surface area contributed by atoms with Crippen LogP contribution in [0.3, 0.4) is 0 Å². The smallest absolute Gasteiger partial charge is 0.220 e. The van der Waals surface area contributed by atoms with Gasteiger partial charge in [-0.25, -0.2) is 0 Å². The minimum atomic E-state index is 0.168. The molecule has 1 amide bonds. The Morgan fingerprint density at radius 1 is 1.12 bits per heavy atom. The number of rotatable bonds is 7. The monoisotopic (exact) mass is 336 g/mol. The number of likely N-dealkylation sites (tertiary alicyclic amines) is 1. The van der Waals surface area contributed by atoms with E-state index in [2.05, 4.69) is 22.5 Å². The minimum absolute atomic E-state index is 0.168. The maximum Gasteiger partial charge on any atom is 0.220 e. The zero-order valence-corrected chi connectivity index (χ0v) is 15.6. The summed E-state index contributed by atoms with van der Waals surface area (Å²) in [4.78, 5) is 18.7. The number of carbonyl (C=O) groups excluding carboxylic acids is 1. The molecule has 1 saturated carbocycles. The van der Waals surface area contributed by atoms with Crippen LogP contribution in [0, 0.1) is 11.8 Å². The van der Waals surface area contributed by atoms with Crippen molar-refractivity contribution in [1.82, 2.24) is 15.5 Å². The van der Waals surface area contributed by atoms with E-state index in [1.165, 1.54) is 38.5 Å². The zero-order chi connectivity index (χ0) is 17.2. The fourth-order valence-corrected chi connectivity index (χ4v) is 4.00. The maximum absolute atomic E-state index is 11.5. The molecule has 24 heavy (non-hydrogen) atoms. The Kier molecular flexibility index (Phi) is 8.40. The Hall–Kier alpha value is -1.26. The molecule has 0 aromatic carbocycles. The lowest BCUT2D eigenvalue weighted by Crippen LogP contribution is -2.46. The Labute approximate surface area is 147 Å². The average molecular weight is 337 g/mol. The van der Waals surface area contributed by atoms with Crippen molar-refractivity contribution in [2.45, 2.75) is 64.7 Å². The first-order valence-electron chi connectivity index (χ1n) is 9.96. The van der Waals surface area contributed by atoms with Crippen molar-refractivity contribution >= 4 is 11.9 Å². The summed E-state index contributed by atoms with van der Waals surface area (Å²) in [5, 5.41) is 6.18. The highest BCUT2D eigenvalue weighted by Gasteiger charge is 2.23. The van der Waals surface area contributed by atoms with Gasteiger partial charge in [-0.3, -0.25) is 9.79 Å². The molecule has 1 aliphatic carbocycles. The van der Waals surface area contributed by atoms with Gasteiger partial charge >= 0.3 is 0 Å². The van der Waals surface area contributed by atoms with E-state index in [4.69, 9.17) is 4.99 Å². The molecule has 0 atom stereocenters. The van der Waals surface area contributed by atoms with Crippen molar-refractivity contribution < 1.29 is 4.79 Å². The largest absolute Gasteiger partial charge is 0.359 e. The fourth-order valence-electron chi connectivity index (χ4n) is 4.00. The van der Waals surface area contributed by atoms with Crippen molar-refractivity contribution in [2.75, 3.05) is 33.2 Å². The van der Waals surface area contributed by atoms with Crippen LogP contribution < -0.4 is 10.6 Å². The first kappa shape index (κ1) is 19.1. The lowest BCUT2D eigenvalue weighted by atomic mass is 9.93. The summed E-state index contributed by atoms with van der Waals surface area (Å²) in [5.41, 5.74) is 0. The number of nitrogens with zero attached hydrogens (tertiary/aromatic N) is 2. The van der Waals surface area contributed by atoms with Gasteiger partial charge in [0.05, 0.1) is 0 Å². The molecule has 2 rings (SSSR count). The summed E-state index contributed by atoms with van der Waals surface area (Å²) >= 11 is 0. The average Bonchev–Trinajstić information content (AvgIpc) is 3.12. The molecule has 0 bridgehead atoms. The van der Waals surface area contributed by atoms with Gasteiger partial charge in [0.2, 0.25) is 5.91 Å². The van der Waals surface area contributed by atoms with E-state index in [9.17, 15) is 4.79 Å². The Morgan fingerprint density at radius 2 is 1.83 bits per heavy atom. The molecule has 0 aromatic heterocycles. The van der Waals surface area contributed by atoms with Crippen molar-refractivity contribution in [3.63, 3.8) is 0 Å². The summed E-state index contributed by atoms with van der Waals surface area (Å²) in [5.74, 6) is 2.72. The number of aliphatic imine (C=N–C) groups is 1. The SMILES string of the molecule is CCNC(=NCCCC1CCCC1)N1CCC(CC(=O)NC)CC1. The molecular formula is C19H36N4O. The molecule has 2 aliphatic rings. The van der Waals surface area contributed by atoms with Crippen molar-refractivity contribution in [3.05, 3.63) is 0 Å². The molecule has 138 valence electrons. The van der Waals surface area contributed by atoms with E-state index in [1.807, 2.05) is 0 Å². The van der Waals surface area contributed by atoms with Crippen LogP contribution >= 0.6 is 0 Å². The van der Waals surface area contributed by atoms with Gasteiger partial charge in [-0.15, -0.1) is 0 Å². The van der Waals surface area contributed by atoms with Gasteiger partial charge in [-0.05, 0) is 44.4 Å². The van der Waals surface area contributed by atoms with Crippen LogP contribution in [0.25, 0.3) is 0 Å². The molecule has 0 aromatic rings. The van der Waals surface area contributed by atoms with E-state index in [0.717, 1.165) is 50.9 Å². The third-order valence-electron chi connectivity index (χ3n) is 5.51. The van der Waals surface area contributed by atoms with Crippen molar-refractivity contribution in [2.24, 2.45) is 16.8 Å². The predicted octanol–water partition coefficient (Wildman–Crippen LogP) is 2.77. The van der Waals surface area contributed by atoms with Crippen molar-refractivity contribution in [3.8, 4) is 0 Å². The number of carbonyl (C=O) groups is 1. The van der Waals surface area contributed by atoms with E-state index >= 15 is 0 Å². The topological polar surface area (TPSA) is 56.7 Å². The molecule has 1 aliphatic heterocycles. The number of guanidine groups is 1. The maximum atomic E-state index is 11.5. The van der Waals surface area contributed by atoms with Crippen molar-refractivity contribution in [1.29, 1.82) is 0 Å². The van der Waals surface area contributed by atoms with Gasteiger partial charge in [0, 0.05) is 39.6 Å². The first-order valence-corrected chi connectivity index (χ1v) is 9.96. The summed E-state index contributed by atoms with van der Waals surface area (Å²) in [6, 6.07) is 0. The number of piperidine rings is 1. The summed E-state index contributed by atoms with van der Waals surface area (Å²) in [7, 11) is 1.72. The van der Waals surface area contributed by atoms with E-state index in [0.29, 0.717) is 12.3 Å². The highest BCUT2D eigenvalue weighted by Crippen LogP contribution is 2.28. The van der Waals surface area contributed by atoms with Gasteiger partial charge in [0.1, 0.15) is 0 Å². The number of hydrogen-bond donors (Lipinski definition) is 2. The lowest BCUT2D eigenvalue weighted by molar-refractivity contribution is -0.121. The Bertz CT molecular complexity index is 396. The molecule has 5 heteroatoms. The highest BCUT2D eigenvalue weighted by molar-refractivity contribution is 5.80. The second-order valence-corrected chi connectivity index (χ2v) is 7.34. The van der Waals surface area contributed by atoms with E-state index in [1.54, 1.807) is 7.05 Å². The van der Waals surface area contributed by atoms with Gasteiger partial charge in [0.25, 0.3) is 0 Å². The third-order valence-corrected chi connectivity index (χ3v) is 5.51. The summed E-state index contributed by atoms with van der Waals surface area (Å²) in [6.45, 7) is 6.01. The van der Waals surface area contributed by atoms with E-state index in [-0.39, 0.29) is 5.91 Å². The number of amides is 1. The minimum Gasteiger partial charge on any atom is -0.359 e. The van der Waals surface area contributed by atoms with Crippen LogP contribution in [0.5, 0.6) is 0 Å². The summed E-state index contributed by atoms with van der Waals surface area (Å²) < 4.78 is 0. The normalized spacial score (nSPS) is 20.4. The second kappa shape index (κ2) is 10.6. The second-order valence-electron chi connectivity index (χ2n) is 7.34. The quantitative estimate of drug-likeness (QED) is 0.427. The molecule has 0 spiro atoms. The zero-order valence-electron chi connectivity index (χ0n) is 15.6. The molecular weight excluding hydrogens is 300 g/mol. The molecule has 0 unspecified atom stereocenters. The van der Waals surface area contributed by atoms with Crippen LogP contribution in [0.4, 0.5) is 0 Å². The van der Waals surface area contributed by atoms with Crippen LogP contribution in [-0.4, -0.2) is 50.0 Å². The highest BCUT2D eigenvalue weighted by atomic mass is 16.1. The Balaban J connectivity index is 1.73. The van der Waals surface area contributed by atoms with Gasteiger partial charge < -0.3 is 15.5 Å². The van der Waals surface area contributed by atoms with Gasteiger partial charge in [0.15, 0.2) is 5.96 Å². The van der Waals surface area contributed by atoms with Crippen LogP contribution in [0.1, 0.15) is 64.7 Å². The standard InChI is InChI=1S/C19H36N4O/c1-3-21-19(22-12-6-9-16-7-4-5-8-16)23-13-10-17(11-14-23)15-18(24)20-2/h16-17H,3-15H2,1-2H3,(H,20,24)(H,21,22). The molecule has 2 N–H and O–H groups in total. The molecule has 0 radical (unpaired) electrons. The summed E-state index contributed by atoms with van der Waals surface area (Å²) in [6.07, 6.45) is 11.1. The van der Waals surface area contributed by atoms with E-state index < -0.39 is 0 Å². The Morgan fingerprint density at radius 3 is 2.46 bits per heavy atom. The van der Waals surface area contributed by atoms with Crippen LogP contribution in [-0.2, 0) is 4.79 Å². The first-order chi connectivity index (χ1) is 11.7. The lowest BCUT2D eigenvalue weighted by Gasteiger charge is -2.34. The molecule has 2 fully saturated rings. The van der Waals surface area contributed by atoms with Crippen LogP contribution in [0.2, 0.25) is 0 Å². The molecule has 1 heterocycles.